The van der Waals surface area contributed by atoms with Gasteiger partial charge in [0.1, 0.15) is 5.82 Å². The lowest BCUT2D eigenvalue weighted by atomic mass is 9.98. The van der Waals surface area contributed by atoms with Crippen LogP contribution < -0.4 is 4.90 Å². The Morgan fingerprint density at radius 3 is 2.81 bits per heavy atom. The topological polar surface area (TPSA) is 53.4 Å². The maximum Gasteiger partial charge on any atom is 0.335 e. The van der Waals surface area contributed by atoms with Crippen LogP contribution in [0.1, 0.15) is 62.0 Å². The molecule has 0 aliphatic carbocycles. The number of hydrogen-bond acceptors (Lipinski definition) is 3. The van der Waals surface area contributed by atoms with Gasteiger partial charge in [-0.2, -0.15) is 0 Å². The van der Waals surface area contributed by atoms with E-state index in [4.69, 9.17) is 0 Å². The van der Waals surface area contributed by atoms with Gasteiger partial charge in [0.15, 0.2) is 0 Å². The normalized spacial score (nSPS) is 19.3. The van der Waals surface area contributed by atoms with E-state index >= 15 is 0 Å². The van der Waals surface area contributed by atoms with E-state index in [0.29, 0.717) is 5.56 Å². The van der Waals surface area contributed by atoms with Gasteiger partial charge in [-0.25, -0.2) is 9.78 Å². The molecule has 1 aliphatic heterocycles. The number of anilines is 1. The molecule has 0 saturated carbocycles. The molecule has 1 aliphatic rings. The van der Waals surface area contributed by atoms with Crippen LogP contribution >= 0.6 is 0 Å². The Labute approximate surface area is 127 Å². The molecule has 2 rings (SSSR count). The predicted molar refractivity (Wildman–Crippen MR) is 85.0 cm³/mol. The standard InChI is InChI=1S/C17H26N2O2/c1-3-6-15-11-14(17(20)21)12-16(18-15)19-9-5-7-13(4-2)8-10-19/h11-13H,3-10H2,1-2H3,(H,20,21). The second-order valence-electron chi connectivity index (χ2n) is 5.95. The summed E-state index contributed by atoms with van der Waals surface area (Å²) < 4.78 is 0. The van der Waals surface area contributed by atoms with Crippen molar-refractivity contribution in [1.29, 1.82) is 0 Å². The smallest absolute Gasteiger partial charge is 0.335 e. The lowest BCUT2D eigenvalue weighted by Gasteiger charge is -2.22. The number of carboxylic acids is 1. The Bertz CT molecular complexity index is 488. The SMILES string of the molecule is CCCc1cc(C(=O)O)cc(N2CCCC(CC)CC2)n1. The van der Waals surface area contributed by atoms with Crippen molar-refractivity contribution < 1.29 is 9.90 Å². The molecule has 0 aromatic carbocycles. The molecule has 1 atom stereocenters. The number of aromatic nitrogens is 1. The molecule has 0 amide bonds. The lowest BCUT2D eigenvalue weighted by molar-refractivity contribution is 0.0696. The van der Waals surface area contributed by atoms with Crippen molar-refractivity contribution in [3.8, 4) is 0 Å². The Morgan fingerprint density at radius 1 is 1.33 bits per heavy atom. The Hall–Kier alpha value is -1.58. The summed E-state index contributed by atoms with van der Waals surface area (Å²) in [6, 6.07) is 3.44. The first-order valence-electron chi connectivity index (χ1n) is 8.13. The van der Waals surface area contributed by atoms with Crippen LogP contribution in [0.3, 0.4) is 0 Å². The molecule has 1 N–H and O–H groups in total. The Kier molecular flexibility index (Phi) is 5.59. The highest BCUT2D eigenvalue weighted by molar-refractivity contribution is 5.88. The van der Waals surface area contributed by atoms with Crippen molar-refractivity contribution in [1.82, 2.24) is 4.98 Å². The zero-order chi connectivity index (χ0) is 15.2. The van der Waals surface area contributed by atoms with Crippen LogP contribution in [-0.2, 0) is 6.42 Å². The number of rotatable bonds is 5. The van der Waals surface area contributed by atoms with Crippen LogP contribution in [0.5, 0.6) is 0 Å². The van der Waals surface area contributed by atoms with Gasteiger partial charge in [0, 0.05) is 18.8 Å². The summed E-state index contributed by atoms with van der Waals surface area (Å²) in [5, 5.41) is 9.29. The first-order chi connectivity index (χ1) is 10.1. The fourth-order valence-electron chi connectivity index (χ4n) is 3.04. The summed E-state index contributed by atoms with van der Waals surface area (Å²) in [6.07, 6.45) is 6.66. The first-order valence-corrected chi connectivity index (χ1v) is 8.13. The fraction of sp³-hybridized carbons (Fsp3) is 0.647. The number of nitrogens with zero attached hydrogens (tertiary/aromatic N) is 2. The molecular weight excluding hydrogens is 264 g/mol. The fourth-order valence-corrected chi connectivity index (χ4v) is 3.04. The maximum absolute atomic E-state index is 11.3. The Balaban J connectivity index is 2.22. The summed E-state index contributed by atoms with van der Waals surface area (Å²) >= 11 is 0. The van der Waals surface area contributed by atoms with Crippen LogP contribution in [0, 0.1) is 5.92 Å². The molecule has 21 heavy (non-hydrogen) atoms. The van der Waals surface area contributed by atoms with E-state index in [1.807, 2.05) is 0 Å². The number of aromatic carboxylic acids is 1. The van der Waals surface area contributed by atoms with Gasteiger partial charge in [0.2, 0.25) is 0 Å². The van der Waals surface area contributed by atoms with E-state index in [9.17, 15) is 9.90 Å². The third-order valence-electron chi connectivity index (χ3n) is 4.37. The van der Waals surface area contributed by atoms with Gasteiger partial charge in [-0.3, -0.25) is 0 Å². The van der Waals surface area contributed by atoms with Crippen LogP contribution in [-0.4, -0.2) is 29.1 Å². The van der Waals surface area contributed by atoms with E-state index in [1.54, 1.807) is 12.1 Å². The van der Waals surface area contributed by atoms with E-state index < -0.39 is 5.97 Å². The van der Waals surface area contributed by atoms with E-state index in [0.717, 1.165) is 43.4 Å². The van der Waals surface area contributed by atoms with Crippen LogP contribution in [0.25, 0.3) is 0 Å². The van der Waals surface area contributed by atoms with E-state index in [2.05, 4.69) is 23.7 Å². The number of carbonyl (C=O) groups is 1. The maximum atomic E-state index is 11.3. The monoisotopic (exact) mass is 290 g/mol. The molecule has 0 bridgehead atoms. The molecule has 1 unspecified atom stereocenters. The van der Waals surface area contributed by atoms with E-state index in [-0.39, 0.29) is 0 Å². The minimum Gasteiger partial charge on any atom is -0.478 e. The van der Waals surface area contributed by atoms with Crippen molar-refractivity contribution in [2.24, 2.45) is 5.92 Å². The van der Waals surface area contributed by atoms with Gasteiger partial charge in [0.25, 0.3) is 0 Å². The summed E-state index contributed by atoms with van der Waals surface area (Å²) in [5.74, 6) is 0.778. The molecule has 4 nitrogen and oxygen atoms in total. The summed E-state index contributed by atoms with van der Waals surface area (Å²) in [4.78, 5) is 18.3. The minimum atomic E-state index is -0.864. The van der Waals surface area contributed by atoms with Gasteiger partial charge in [0.05, 0.1) is 5.56 Å². The van der Waals surface area contributed by atoms with Gasteiger partial charge < -0.3 is 10.0 Å². The number of hydrogen-bond donors (Lipinski definition) is 1. The average Bonchev–Trinajstić information content (AvgIpc) is 2.72. The van der Waals surface area contributed by atoms with Crippen LogP contribution in [0.15, 0.2) is 12.1 Å². The summed E-state index contributed by atoms with van der Waals surface area (Å²) in [5.41, 5.74) is 1.25. The van der Waals surface area contributed by atoms with Gasteiger partial charge in [-0.1, -0.05) is 26.7 Å². The quantitative estimate of drug-likeness (QED) is 0.897. The predicted octanol–water partition coefficient (Wildman–Crippen LogP) is 3.75. The lowest BCUT2D eigenvalue weighted by Crippen LogP contribution is -2.26. The molecule has 1 saturated heterocycles. The van der Waals surface area contributed by atoms with Crippen molar-refractivity contribution in [3.05, 3.63) is 23.4 Å². The van der Waals surface area contributed by atoms with Crippen molar-refractivity contribution in [2.45, 2.75) is 52.4 Å². The van der Waals surface area contributed by atoms with Crippen LogP contribution in [0.4, 0.5) is 5.82 Å². The first kappa shape index (κ1) is 15.8. The van der Waals surface area contributed by atoms with Gasteiger partial charge in [-0.15, -0.1) is 0 Å². The zero-order valence-electron chi connectivity index (χ0n) is 13.1. The number of carboxylic acid groups (broad SMARTS) is 1. The molecule has 1 fully saturated rings. The third-order valence-corrected chi connectivity index (χ3v) is 4.37. The average molecular weight is 290 g/mol. The van der Waals surface area contributed by atoms with Crippen molar-refractivity contribution in [2.75, 3.05) is 18.0 Å². The summed E-state index contributed by atoms with van der Waals surface area (Å²) in [7, 11) is 0. The molecule has 2 heterocycles. The molecular formula is C17H26N2O2. The zero-order valence-corrected chi connectivity index (χ0v) is 13.1. The molecule has 0 spiro atoms. The van der Waals surface area contributed by atoms with Crippen LogP contribution in [0.2, 0.25) is 0 Å². The molecule has 1 aromatic rings. The minimum absolute atomic E-state index is 0.361. The summed E-state index contributed by atoms with van der Waals surface area (Å²) in [6.45, 7) is 6.31. The van der Waals surface area contributed by atoms with Gasteiger partial charge >= 0.3 is 5.97 Å². The number of pyridine rings is 1. The van der Waals surface area contributed by atoms with Crippen molar-refractivity contribution >= 4 is 11.8 Å². The second kappa shape index (κ2) is 7.43. The Morgan fingerprint density at radius 2 is 2.14 bits per heavy atom. The van der Waals surface area contributed by atoms with Gasteiger partial charge in [-0.05, 0) is 43.7 Å². The van der Waals surface area contributed by atoms with E-state index in [1.165, 1.54) is 25.7 Å². The molecule has 1 aromatic heterocycles. The highest BCUT2D eigenvalue weighted by Gasteiger charge is 2.18. The number of aryl methyl sites for hydroxylation is 1. The van der Waals surface area contributed by atoms with Crippen molar-refractivity contribution in [3.63, 3.8) is 0 Å². The second-order valence-corrected chi connectivity index (χ2v) is 5.95. The molecule has 0 radical (unpaired) electrons. The highest BCUT2D eigenvalue weighted by Crippen LogP contribution is 2.24. The molecule has 4 heteroatoms. The third kappa shape index (κ3) is 4.19. The highest BCUT2D eigenvalue weighted by atomic mass is 16.4. The molecule has 116 valence electrons. The largest absolute Gasteiger partial charge is 0.478 e.